The number of ether oxygens (including phenoxy) is 1. The molecule has 4 N–H and O–H groups in total. The van der Waals surface area contributed by atoms with Crippen LogP contribution < -0.4 is 15.8 Å². The van der Waals surface area contributed by atoms with Gasteiger partial charge in [-0.25, -0.2) is 0 Å². The van der Waals surface area contributed by atoms with E-state index in [4.69, 9.17) is 10.5 Å². The summed E-state index contributed by atoms with van der Waals surface area (Å²) in [6.45, 7) is 0.171. The van der Waals surface area contributed by atoms with Gasteiger partial charge in [0.15, 0.2) is 5.96 Å². The third-order valence-electron chi connectivity index (χ3n) is 4.30. The monoisotopic (exact) mass is 325 g/mol. The number of nitrogens with zero attached hydrogens (tertiary/aromatic N) is 1. The van der Waals surface area contributed by atoms with Crippen molar-refractivity contribution in [2.45, 2.75) is 25.4 Å². The minimum Gasteiger partial charge on any atom is -0.496 e. The van der Waals surface area contributed by atoms with Crippen LogP contribution in [0.5, 0.6) is 5.75 Å². The molecule has 0 aromatic heterocycles. The van der Waals surface area contributed by atoms with E-state index in [1.54, 1.807) is 7.11 Å². The van der Waals surface area contributed by atoms with Crippen molar-refractivity contribution in [2.75, 3.05) is 19.0 Å². The highest BCUT2D eigenvalue weighted by Crippen LogP contribution is 2.26. The Bertz CT molecular complexity index is 743. The lowest BCUT2D eigenvalue weighted by Crippen LogP contribution is -2.23. The number of aliphatic imine (C=N–C) groups is 1. The summed E-state index contributed by atoms with van der Waals surface area (Å²) >= 11 is 0. The highest BCUT2D eigenvalue weighted by molar-refractivity contribution is 5.92. The van der Waals surface area contributed by atoms with Crippen molar-refractivity contribution >= 4 is 11.6 Å². The smallest absolute Gasteiger partial charge is 0.193 e. The summed E-state index contributed by atoms with van der Waals surface area (Å²) in [6.07, 6.45) is 2.73. The summed E-state index contributed by atoms with van der Waals surface area (Å²) in [5.41, 5.74) is 10.4. The number of benzene rings is 2. The molecule has 0 spiro atoms. The summed E-state index contributed by atoms with van der Waals surface area (Å²) in [7, 11) is 1.58. The molecule has 0 saturated carbocycles. The molecule has 0 aliphatic heterocycles. The lowest BCUT2D eigenvalue weighted by molar-refractivity contribution is 0.182. The number of aliphatic hydroxyl groups is 1. The Balaban J connectivity index is 1.63. The molecule has 126 valence electrons. The second kappa shape index (κ2) is 7.36. The molecule has 5 nitrogen and oxygen atoms in total. The van der Waals surface area contributed by atoms with E-state index in [1.807, 2.05) is 30.3 Å². The molecule has 3 rings (SSSR count). The zero-order valence-corrected chi connectivity index (χ0v) is 13.8. The highest BCUT2D eigenvalue weighted by atomic mass is 16.5. The molecule has 0 heterocycles. The highest BCUT2D eigenvalue weighted by Gasteiger charge is 2.13. The predicted molar refractivity (Wildman–Crippen MR) is 96.5 cm³/mol. The number of fused-ring (bicyclic) bond motifs is 1. The molecule has 24 heavy (non-hydrogen) atoms. The van der Waals surface area contributed by atoms with Crippen LogP contribution in [0.2, 0.25) is 0 Å². The molecule has 0 radical (unpaired) electrons. The number of nitrogens with one attached hydrogen (secondary N) is 1. The number of hydrogen-bond donors (Lipinski definition) is 3. The lowest BCUT2D eigenvalue weighted by atomic mass is 10.1. The normalized spacial score (nSPS) is 15.0. The van der Waals surface area contributed by atoms with Gasteiger partial charge in [0.1, 0.15) is 11.9 Å². The molecule has 0 fully saturated rings. The fourth-order valence-electron chi connectivity index (χ4n) is 3.06. The van der Waals surface area contributed by atoms with Gasteiger partial charge >= 0.3 is 0 Å². The van der Waals surface area contributed by atoms with Crippen molar-refractivity contribution < 1.29 is 9.84 Å². The van der Waals surface area contributed by atoms with E-state index in [9.17, 15) is 5.11 Å². The minimum absolute atomic E-state index is 0.171. The number of hydrogen-bond acceptors (Lipinski definition) is 3. The molecule has 0 bridgehead atoms. The number of guanidine groups is 1. The van der Waals surface area contributed by atoms with E-state index >= 15 is 0 Å². The maximum absolute atomic E-state index is 10.3. The van der Waals surface area contributed by atoms with Crippen molar-refractivity contribution in [3.05, 3.63) is 59.2 Å². The number of methoxy groups -OCH3 is 1. The van der Waals surface area contributed by atoms with Crippen molar-refractivity contribution in [2.24, 2.45) is 10.7 Å². The van der Waals surface area contributed by atoms with Gasteiger partial charge in [-0.05, 0) is 48.6 Å². The number of para-hydroxylation sites is 1. The summed E-state index contributed by atoms with van der Waals surface area (Å²) in [5, 5.41) is 13.4. The van der Waals surface area contributed by atoms with Crippen molar-refractivity contribution in [1.29, 1.82) is 0 Å². The van der Waals surface area contributed by atoms with Gasteiger partial charge in [-0.1, -0.05) is 24.3 Å². The first kappa shape index (κ1) is 16.3. The van der Waals surface area contributed by atoms with E-state index in [0.29, 0.717) is 17.3 Å². The second-order valence-electron chi connectivity index (χ2n) is 5.95. The number of anilines is 1. The largest absolute Gasteiger partial charge is 0.496 e. The van der Waals surface area contributed by atoms with Crippen LogP contribution in [0.3, 0.4) is 0 Å². The first-order chi connectivity index (χ1) is 11.7. The van der Waals surface area contributed by atoms with Crippen molar-refractivity contribution in [3.63, 3.8) is 0 Å². The fourth-order valence-corrected chi connectivity index (χ4v) is 3.06. The van der Waals surface area contributed by atoms with Gasteiger partial charge in [0.25, 0.3) is 0 Å². The average Bonchev–Trinajstić information content (AvgIpc) is 3.07. The van der Waals surface area contributed by atoms with Crippen molar-refractivity contribution in [1.82, 2.24) is 0 Å². The summed E-state index contributed by atoms with van der Waals surface area (Å²) in [4.78, 5) is 4.24. The molecule has 1 aliphatic rings. The van der Waals surface area contributed by atoms with E-state index in [0.717, 1.165) is 18.5 Å². The zero-order valence-electron chi connectivity index (χ0n) is 13.8. The Labute approximate surface area is 142 Å². The van der Waals surface area contributed by atoms with Crippen LogP contribution in [0.4, 0.5) is 5.69 Å². The van der Waals surface area contributed by atoms with E-state index < -0.39 is 6.10 Å². The molecule has 0 saturated heterocycles. The fraction of sp³-hybridized carbons (Fsp3) is 0.316. The number of nitrogens with two attached hydrogens (primary N) is 1. The van der Waals surface area contributed by atoms with Gasteiger partial charge in [-0.15, -0.1) is 0 Å². The van der Waals surface area contributed by atoms with Crippen molar-refractivity contribution in [3.8, 4) is 5.75 Å². The molecular formula is C19H23N3O2. The second-order valence-corrected chi connectivity index (χ2v) is 5.95. The maximum atomic E-state index is 10.3. The molecule has 2 aromatic rings. The Kier molecular flexibility index (Phi) is 5.01. The van der Waals surface area contributed by atoms with Gasteiger partial charge in [-0.3, -0.25) is 4.99 Å². The van der Waals surface area contributed by atoms with Crippen LogP contribution in [0, 0.1) is 0 Å². The van der Waals surface area contributed by atoms with Gasteiger partial charge in [0, 0.05) is 11.3 Å². The maximum Gasteiger partial charge on any atom is 0.193 e. The van der Waals surface area contributed by atoms with Crippen LogP contribution in [-0.2, 0) is 12.8 Å². The number of aryl methyl sites for hydroxylation is 2. The standard InChI is InChI=1S/C19H23N3O2/c1-24-18-8-3-2-7-16(18)17(23)12-21-19(20)22-15-10-9-13-5-4-6-14(13)11-15/h2-3,7-11,17,23H,4-6,12H2,1H3,(H3,20,21,22). The first-order valence-electron chi connectivity index (χ1n) is 8.17. The van der Waals surface area contributed by atoms with Crippen LogP contribution in [-0.4, -0.2) is 24.7 Å². The van der Waals surface area contributed by atoms with Gasteiger partial charge in [0.2, 0.25) is 0 Å². The third kappa shape index (κ3) is 3.68. The predicted octanol–water partition coefficient (Wildman–Crippen LogP) is 2.64. The summed E-state index contributed by atoms with van der Waals surface area (Å²) < 4.78 is 5.26. The molecule has 1 aliphatic carbocycles. The molecule has 1 atom stereocenters. The Morgan fingerprint density at radius 2 is 2.04 bits per heavy atom. The minimum atomic E-state index is -0.762. The molecule has 5 heteroatoms. The van der Waals surface area contributed by atoms with E-state index in [2.05, 4.69) is 22.4 Å². The summed E-state index contributed by atoms with van der Waals surface area (Å²) in [6, 6.07) is 13.6. The molecular weight excluding hydrogens is 302 g/mol. The van der Waals surface area contributed by atoms with Gasteiger partial charge in [-0.2, -0.15) is 0 Å². The van der Waals surface area contributed by atoms with Gasteiger partial charge in [0.05, 0.1) is 13.7 Å². The van der Waals surface area contributed by atoms with Crippen LogP contribution >= 0.6 is 0 Å². The summed E-state index contributed by atoms with van der Waals surface area (Å²) in [5.74, 6) is 0.937. The molecule has 0 amide bonds. The van der Waals surface area contributed by atoms with Crippen LogP contribution in [0.15, 0.2) is 47.5 Å². The molecule has 1 unspecified atom stereocenters. The van der Waals surface area contributed by atoms with E-state index in [-0.39, 0.29) is 6.54 Å². The van der Waals surface area contributed by atoms with Crippen LogP contribution in [0.25, 0.3) is 0 Å². The average molecular weight is 325 g/mol. The topological polar surface area (TPSA) is 79.9 Å². The lowest BCUT2D eigenvalue weighted by Gasteiger charge is -2.13. The number of aliphatic hydroxyl groups excluding tert-OH is 1. The Morgan fingerprint density at radius 1 is 1.25 bits per heavy atom. The van der Waals surface area contributed by atoms with Crippen LogP contribution in [0.1, 0.15) is 29.2 Å². The van der Waals surface area contributed by atoms with Gasteiger partial charge < -0.3 is 20.9 Å². The first-order valence-corrected chi connectivity index (χ1v) is 8.17. The quantitative estimate of drug-likeness (QED) is 0.583. The Hall–Kier alpha value is -2.53. The Morgan fingerprint density at radius 3 is 2.88 bits per heavy atom. The van der Waals surface area contributed by atoms with E-state index in [1.165, 1.54) is 17.5 Å². The zero-order chi connectivity index (χ0) is 16.9. The third-order valence-corrected chi connectivity index (χ3v) is 4.30. The number of rotatable bonds is 5. The molecule has 2 aromatic carbocycles. The SMILES string of the molecule is COc1ccccc1C(O)CN=C(N)Nc1ccc2c(c1)CCC2.